The first-order chi connectivity index (χ1) is 9.47. The molecule has 0 saturated heterocycles. The van der Waals surface area contributed by atoms with Gasteiger partial charge in [-0.15, -0.1) is 12.4 Å². The van der Waals surface area contributed by atoms with Gasteiger partial charge in [-0.2, -0.15) is 0 Å². The van der Waals surface area contributed by atoms with E-state index in [0.29, 0.717) is 12.1 Å². The molecule has 3 N–H and O–H groups in total. The Bertz CT molecular complexity index is 703. The lowest BCUT2D eigenvalue weighted by atomic mass is 10.2. The maximum absolute atomic E-state index is 11.8. The minimum absolute atomic E-state index is 0. The predicted molar refractivity (Wildman–Crippen MR) is 80.5 cm³/mol. The summed E-state index contributed by atoms with van der Waals surface area (Å²) in [6.07, 6.45) is 3.08. The number of amides is 1. The van der Waals surface area contributed by atoms with Gasteiger partial charge in [-0.1, -0.05) is 12.1 Å². The molecule has 2 aromatic rings. The molecule has 112 valence electrons. The first-order valence-corrected chi connectivity index (χ1v) is 7.31. The molecule has 0 fully saturated rings. The van der Waals surface area contributed by atoms with Gasteiger partial charge < -0.3 is 5.32 Å². The SMILES string of the molecule is Cl.NS(=O)(=O)c1ccc(CNC(=O)c2ccncc2)cc1. The second-order valence-electron chi connectivity index (χ2n) is 4.11. The Labute approximate surface area is 128 Å². The summed E-state index contributed by atoms with van der Waals surface area (Å²) in [5.41, 5.74) is 1.29. The van der Waals surface area contributed by atoms with Crippen LogP contribution in [0.5, 0.6) is 0 Å². The van der Waals surface area contributed by atoms with Crippen LogP contribution in [0.4, 0.5) is 0 Å². The number of sulfonamides is 1. The Balaban J connectivity index is 0.00000220. The van der Waals surface area contributed by atoms with Crippen molar-refractivity contribution in [2.45, 2.75) is 11.4 Å². The fourth-order valence-electron chi connectivity index (χ4n) is 1.58. The summed E-state index contributed by atoms with van der Waals surface area (Å²) >= 11 is 0. The van der Waals surface area contributed by atoms with Gasteiger partial charge in [0.2, 0.25) is 10.0 Å². The van der Waals surface area contributed by atoms with Crippen molar-refractivity contribution in [3.63, 3.8) is 0 Å². The van der Waals surface area contributed by atoms with Gasteiger partial charge in [0.1, 0.15) is 0 Å². The van der Waals surface area contributed by atoms with E-state index in [2.05, 4.69) is 10.3 Å². The average Bonchev–Trinajstić information content (AvgIpc) is 2.45. The van der Waals surface area contributed by atoms with Gasteiger partial charge in [-0.05, 0) is 29.8 Å². The van der Waals surface area contributed by atoms with Gasteiger partial charge >= 0.3 is 0 Å². The smallest absolute Gasteiger partial charge is 0.251 e. The zero-order valence-corrected chi connectivity index (χ0v) is 12.5. The number of nitrogens with two attached hydrogens (primary N) is 1. The number of hydrogen-bond acceptors (Lipinski definition) is 4. The molecular formula is C13H14ClN3O3S. The van der Waals surface area contributed by atoms with Crippen molar-refractivity contribution in [1.29, 1.82) is 0 Å². The van der Waals surface area contributed by atoms with Crippen LogP contribution in [0.15, 0.2) is 53.7 Å². The molecule has 8 heteroatoms. The van der Waals surface area contributed by atoms with E-state index in [1.165, 1.54) is 24.5 Å². The van der Waals surface area contributed by atoms with Crippen LogP contribution < -0.4 is 10.5 Å². The molecule has 6 nitrogen and oxygen atoms in total. The number of benzene rings is 1. The molecule has 0 bridgehead atoms. The van der Waals surface area contributed by atoms with Crippen molar-refractivity contribution in [2.24, 2.45) is 5.14 Å². The summed E-state index contributed by atoms with van der Waals surface area (Å²) < 4.78 is 22.2. The van der Waals surface area contributed by atoms with Gasteiger partial charge in [0.25, 0.3) is 5.91 Å². The number of hydrogen-bond donors (Lipinski definition) is 2. The number of nitrogens with zero attached hydrogens (tertiary/aromatic N) is 1. The Morgan fingerprint density at radius 1 is 1.10 bits per heavy atom. The molecule has 0 aliphatic heterocycles. The molecule has 2 rings (SSSR count). The largest absolute Gasteiger partial charge is 0.348 e. The standard InChI is InChI=1S/C13H13N3O3S.ClH/c14-20(18,19)12-3-1-10(2-4-12)9-16-13(17)11-5-7-15-8-6-11;/h1-8H,9H2,(H,16,17)(H2,14,18,19);1H. The maximum atomic E-state index is 11.8. The second-order valence-corrected chi connectivity index (χ2v) is 5.67. The van der Waals surface area contributed by atoms with Gasteiger partial charge in [0.15, 0.2) is 0 Å². The van der Waals surface area contributed by atoms with Gasteiger partial charge in [0, 0.05) is 24.5 Å². The number of carbonyl (C=O) groups is 1. The third-order valence-electron chi connectivity index (χ3n) is 2.65. The third-order valence-corrected chi connectivity index (χ3v) is 3.58. The fourth-order valence-corrected chi connectivity index (χ4v) is 2.10. The monoisotopic (exact) mass is 327 g/mol. The van der Waals surface area contributed by atoms with E-state index in [1.54, 1.807) is 24.3 Å². The lowest BCUT2D eigenvalue weighted by molar-refractivity contribution is 0.0951. The lowest BCUT2D eigenvalue weighted by Gasteiger charge is -2.06. The van der Waals surface area contributed by atoms with Crippen LogP contribution >= 0.6 is 12.4 Å². The highest BCUT2D eigenvalue weighted by Gasteiger charge is 2.08. The van der Waals surface area contributed by atoms with Gasteiger partial charge in [-0.25, -0.2) is 13.6 Å². The molecule has 1 heterocycles. The number of rotatable bonds is 4. The normalized spacial score (nSPS) is 10.5. The van der Waals surface area contributed by atoms with E-state index < -0.39 is 10.0 Å². The van der Waals surface area contributed by atoms with E-state index in [4.69, 9.17) is 5.14 Å². The quantitative estimate of drug-likeness (QED) is 0.877. The van der Waals surface area contributed by atoms with E-state index in [0.717, 1.165) is 5.56 Å². The molecule has 21 heavy (non-hydrogen) atoms. The molecule has 1 amide bonds. The Morgan fingerprint density at radius 3 is 2.19 bits per heavy atom. The van der Waals surface area contributed by atoms with Crippen LogP contribution in [-0.4, -0.2) is 19.3 Å². The number of nitrogens with one attached hydrogen (secondary N) is 1. The van der Waals surface area contributed by atoms with Crippen LogP contribution in [0.1, 0.15) is 15.9 Å². The summed E-state index contributed by atoms with van der Waals surface area (Å²) in [5, 5.41) is 7.73. The van der Waals surface area contributed by atoms with Crippen molar-refractivity contribution in [2.75, 3.05) is 0 Å². The Hall–Kier alpha value is -1.96. The maximum Gasteiger partial charge on any atom is 0.251 e. The number of aromatic nitrogens is 1. The molecule has 0 atom stereocenters. The molecule has 0 unspecified atom stereocenters. The van der Waals surface area contributed by atoms with Crippen LogP contribution in [0.25, 0.3) is 0 Å². The Morgan fingerprint density at radius 2 is 1.67 bits per heavy atom. The van der Waals surface area contributed by atoms with Gasteiger partial charge in [0.05, 0.1) is 4.90 Å². The first-order valence-electron chi connectivity index (χ1n) is 5.77. The second kappa shape index (κ2) is 7.16. The molecule has 0 saturated carbocycles. The fraction of sp³-hybridized carbons (Fsp3) is 0.0769. The summed E-state index contributed by atoms with van der Waals surface area (Å²) in [5.74, 6) is -0.220. The minimum atomic E-state index is -3.69. The summed E-state index contributed by atoms with van der Waals surface area (Å²) in [6, 6.07) is 9.24. The van der Waals surface area contributed by atoms with Crippen LogP contribution in [0.2, 0.25) is 0 Å². The topological polar surface area (TPSA) is 102 Å². The zero-order valence-electron chi connectivity index (χ0n) is 10.9. The Kier molecular flexibility index (Phi) is 5.83. The molecule has 1 aromatic carbocycles. The van der Waals surface area contributed by atoms with Crippen molar-refractivity contribution in [3.05, 3.63) is 59.9 Å². The number of pyridine rings is 1. The minimum Gasteiger partial charge on any atom is -0.348 e. The number of carbonyl (C=O) groups excluding carboxylic acids is 1. The van der Waals surface area contributed by atoms with E-state index in [9.17, 15) is 13.2 Å². The molecule has 1 aromatic heterocycles. The molecule has 0 aliphatic carbocycles. The van der Waals surface area contributed by atoms with E-state index >= 15 is 0 Å². The highest BCUT2D eigenvalue weighted by molar-refractivity contribution is 7.89. The number of halogens is 1. The average molecular weight is 328 g/mol. The van der Waals surface area contributed by atoms with Crippen LogP contribution in [0.3, 0.4) is 0 Å². The van der Waals surface area contributed by atoms with E-state index in [-0.39, 0.29) is 23.2 Å². The highest BCUT2D eigenvalue weighted by Crippen LogP contribution is 2.08. The predicted octanol–water partition coefficient (Wildman–Crippen LogP) is 1.08. The molecule has 0 radical (unpaired) electrons. The molecular weight excluding hydrogens is 314 g/mol. The third kappa shape index (κ3) is 4.82. The van der Waals surface area contributed by atoms with Crippen molar-refractivity contribution < 1.29 is 13.2 Å². The van der Waals surface area contributed by atoms with Crippen molar-refractivity contribution in [3.8, 4) is 0 Å². The summed E-state index contributed by atoms with van der Waals surface area (Å²) in [6.45, 7) is 0.298. The first kappa shape index (κ1) is 17.1. The highest BCUT2D eigenvalue weighted by atomic mass is 35.5. The van der Waals surface area contributed by atoms with E-state index in [1.807, 2.05) is 0 Å². The van der Waals surface area contributed by atoms with Crippen LogP contribution in [-0.2, 0) is 16.6 Å². The van der Waals surface area contributed by atoms with Gasteiger partial charge in [-0.3, -0.25) is 9.78 Å². The van der Waals surface area contributed by atoms with Crippen molar-refractivity contribution in [1.82, 2.24) is 10.3 Å². The summed E-state index contributed by atoms with van der Waals surface area (Å²) in [7, 11) is -3.69. The lowest BCUT2D eigenvalue weighted by Crippen LogP contribution is -2.22. The van der Waals surface area contributed by atoms with Crippen LogP contribution in [0, 0.1) is 0 Å². The summed E-state index contributed by atoms with van der Waals surface area (Å²) in [4.78, 5) is 15.7. The van der Waals surface area contributed by atoms with Crippen molar-refractivity contribution >= 4 is 28.3 Å². The molecule has 0 spiro atoms. The zero-order chi connectivity index (χ0) is 14.6. The number of primary sulfonamides is 1. The molecule has 0 aliphatic rings.